The van der Waals surface area contributed by atoms with Gasteiger partial charge in [0.2, 0.25) is 5.82 Å². The maximum Gasteiger partial charge on any atom is 0.330 e. The highest BCUT2D eigenvalue weighted by atomic mass is 16.6. The monoisotopic (exact) mass is 237 g/mol. The molecule has 1 atom stereocenters. The smallest absolute Gasteiger partial charge is 0.330 e. The van der Waals surface area contributed by atoms with Gasteiger partial charge in [-0.2, -0.15) is 5.10 Å². The maximum absolute atomic E-state index is 10.7. The van der Waals surface area contributed by atoms with E-state index in [9.17, 15) is 10.1 Å². The van der Waals surface area contributed by atoms with Crippen molar-refractivity contribution >= 4 is 11.5 Å². The minimum atomic E-state index is -0.472. The van der Waals surface area contributed by atoms with E-state index >= 15 is 0 Å². The van der Waals surface area contributed by atoms with Gasteiger partial charge >= 0.3 is 5.69 Å². The van der Waals surface area contributed by atoms with Crippen LogP contribution in [-0.4, -0.2) is 39.2 Å². The van der Waals surface area contributed by atoms with Crippen LogP contribution in [0.3, 0.4) is 0 Å². The Kier molecular flexibility index (Phi) is 2.29. The van der Waals surface area contributed by atoms with Gasteiger partial charge in [-0.05, 0) is 31.8 Å². The fourth-order valence-electron chi connectivity index (χ4n) is 2.98. The SMILES string of the molecule is Nc1c([N+](=O)[O-])cnn1C1CN2CCC1CC2. The number of rotatable bonds is 2. The summed E-state index contributed by atoms with van der Waals surface area (Å²) in [5, 5.41) is 14.8. The molecule has 3 saturated heterocycles. The Hall–Kier alpha value is -1.63. The highest BCUT2D eigenvalue weighted by molar-refractivity contribution is 5.51. The van der Waals surface area contributed by atoms with Crippen LogP contribution in [0.5, 0.6) is 0 Å². The number of nitrogens with two attached hydrogens (primary N) is 1. The number of nitrogens with zero attached hydrogens (tertiary/aromatic N) is 4. The van der Waals surface area contributed by atoms with Crippen molar-refractivity contribution in [1.82, 2.24) is 14.7 Å². The Bertz CT molecular complexity index is 450. The highest BCUT2D eigenvalue weighted by Gasteiger charge is 2.37. The summed E-state index contributed by atoms with van der Waals surface area (Å²) in [6.45, 7) is 3.17. The Morgan fingerprint density at radius 2 is 2.18 bits per heavy atom. The van der Waals surface area contributed by atoms with Crippen molar-refractivity contribution in [3.8, 4) is 0 Å². The van der Waals surface area contributed by atoms with E-state index < -0.39 is 4.92 Å². The van der Waals surface area contributed by atoms with E-state index in [4.69, 9.17) is 5.73 Å². The average Bonchev–Trinajstić information content (AvgIpc) is 2.72. The summed E-state index contributed by atoms with van der Waals surface area (Å²) in [6.07, 6.45) is 3.53. The zero-order valence-corrected chi connectivity index (χ0v) is 9.45. The lowest BCUT2D eigenvalue weighted by molar-refractivity contribution is -0.384. The van der Waals surface area contributed by atoms with Crippen molar-refractivity contribution in [1.29, 1.82) is 0 Å². The fraction of sp³-hybridized carbons (Fsp3) is 0.700. The summed E-state index contributed by atoms with van der Waals surface area (Å²) in [4.78, 5) is 12.6. The third-order valence-corrected chi connectivity index (χ3v) is 3.95. The molecular formula is C10H15N5O2. The average molecular weight is 237 g/mol. The highest BCUT2D eigenvalue weighted by Crippen LogP contribution is 2.37. The third kappa shape index (κ3) is 1.57. The molecule has 2 N–H and O–H groups in total. The van der Waals surface area contributed by atoms with Crippen LogP contribution in [0.4, 0.5) is 11.5 Å². The standard InChI is InChI=1S/C10H15N5O2/c11-10-8(15(16)17)5-12-14(10)9-6-13-3-1-7(9)2-4-13/h5,7,9H,1-4,6,11H2. The van der Waals surface area contributed by atoms with Crippen LogP contribution in [-0.2, 0) is 0 Å². The number of anilines is 1. The number of aromatic nitrogens is 2. The van der Waals surface area contributed by atoms with E-state index in [-0.39, 0.29) is 17.5 Å². The van der Waals surface area contributed by atoms with Gasteiger partial charge in [-0.25, -0.2) is 4.68 Å². The third-order valence-electron chi connectivity index (χ3n) is 3.95. The van der Waals surface area contributed by atoms with Gasteiger partial charge in [0.15, 0.2) is 0 Å². The minimum Gasteiger partial charge on any atom is -0.378 e. The number of nitro groups is 1. The molecule has 2 bridgehead atoms. The molecule has 3 aliphatic heterocycles. The van der Waals surface area contributed by atoms with Gasteiger partial charge in [0.1, 0.15) is 6.20 Å². The zero-order valence-electron chi connectivity index (χ0n) is 9.45. The first-order chi connectivity index (χ1) is 8.16. The molecule has 7 nitrogen and oxygen atoms in total. The molecule has 1 aromatic heterocycles. The molecule has 0 radical (unpaired) electrons. The molecule has 3 aliphatic rings. The second-order valence-corrected chi connectivity index (χ2v) is 4.82. The van der Waals surface area contributed by atoms with Crippen molar-refractivity contribution in [2.45, 2.75) is 18.9 Å². The van der Waals surface area contributed by atoms with Crippen LogP contribution in [0.25, 0.3) is 0 Å². The molecule has 4 heterocycles. The normalized spacial score (nSPS) is 31.6. The van der Waals surface area contributed by atoms with Crippen molar-refractivity contribution in [3.63, 3.8) is 0 Å². The van der Waals surface area contributed by atoms with E-state index in [1.165, 1.54) is 6.20 Å². The molecule has 0 aliphatic carbocycles. The minimum absolute atomic E-state index is 0.0820. The van der Waals surface area contributed by atoms with Gasteiger partial charge in [0, 0.05) is 6.54 Å². The van der Waals surface area contributed by atoms with E-state index in [1.807, 2.05) is 0 Å². The van der Waals surface area contributed by atoms with E-state index in [0.717, 1.165) is 32.5 Å². The molecule has 0 saturated carbocycles. The van der Waals surface area contributed by atoms with Gasteiger partial charge in [-0.3, -0.25) is 10.1 Å². The molecule has 1 aromatic rings. The first-order valence-corrected chi connectivity index (χ1v) is 5.86. The van der Waals surface area contributed by atoms with Crippen LogP contribution in [0, 0.1) is 16.0 Å². The predicted octanol–water partition coefficient (Wildman–Crippen LogP) is 0.640. The van der Waals surface area contributed by atoms with Gasteiger partial charge in [-0.15, -0.1) is 0 Å². The van der Waals surface area contributed by atoms with E-state index in [0.29, 0.717) is 5.92 Å². The zero-order chi connectivity index (χ0) is 12.0. The molecule has 17 heavy (non-hydrogen) atoms. The number of hydrogen-bond acceptors (Lipinski definition) is 5. The Morgan fingerprint density at radius 1 is 1.47 bits per heavy atom. The predicted molar refractivity (Wildman–Crippen MR) is 61.5 cm³/mol. The van der Waals surface area contributed by atoms with Crippen LogP contribution in [0.1, 0.15) is 18.9 Å². The van der Waals surface area contributed by atoms with Crippen LogP contribution in [0.15, 0.2) is 6.20 Å². The van der Waals surface area contributed by atoms with Crippen molar-refractivity contribution in [2.24, 2.45) is 5.92 Å². The summed E-state index contributed by atoms with van der Waals surface area (Å²) in [7, 11) is 0. The first kappa shape index (κ1) is 10.5. The van der Waals surface area contributed by atoms with Crippen molar-refractivity contribution in [3.05, 3.63) is 16.3 Å². The summed E-state index contributed by atoms with van der Waals surface area (Å²) in [5.74, 6) is 0.746. The first-order valence-electron chi connectivity index (χ1n) is 5.86. The summed E-state index contributed by atoms with van der Waals surface area (Å²) < 4.78 is 1.65. The number of piperidine rings is 3. The van der Waals surface area contributed by atoms with Gasteiger partial charge in [0.25, 0.3) is 0 Å². The second kappa shape index (κ2) is 3.69. The quantitative estimate of drug-likeness (QED) is 0.602. The van der Waals surface area contributed by atoms with Crippen LogP contribution in [0.2, 0.25) is 0 Å². The topological polar surface area (TPSA) is 90.2 Å². The van der Waals surface area contributed by atoms with Crippen LogP contribution >= 0.6 is 0 Å². The van der Waals surface area contributed by atoms with E-state index in [1.54, 1.807) is 4.68 Å². The number of hydrogen-bond donors (Lipinski definition) is 1. The second-order valence-electron chi connectivity index (χ2n) is 4.82. The lowest BCUT2D eigenvalue weighted by Crippen LogP contribution is -2.48. The fourth-order valence-corrected chi connectivity index (χ4v) is 2.98. The van der Waals surface area contributed by atoms with Crippen molar-refractivity contribution < 1.29 is 4.92 Å². The Balaban J connectivity index is 1.92. The molecule has 0 spiro atoms. The molecular weight excluding hydrogens is 222 g/mol. The summed E-state index contributed by atoms with van der Waals surface area (Å²) in [6, 6.07) is 0.200. The van der Waals surface area contributed by atoms with E-state index in [2.05, 4.69) is 10.00 Å². The molecule has 4 rings (SSSR count). The molecule has 0 amide bonds. The molecule has 0 aromatic carbocycles. The van der Waals surface area contributed by atoms with Gasteiger partial charge < -0.3 is 10.6 Å². The van der Waals surface area contributed by atoms with Crippen molar-refractivity contribution in [2.75, 3.05) is 25.4 Å². The van der Waals surface area contributed by atoms with Gasteiger partial charge in [0.05, 0.1) is 11.0 Å². The lowest BCUT2D eigenvalue weighted by atomic mass is 9.84. The maximum atomic E-state index is 10.7. The molecule has 3 fully saturated rings. The molecule has 92 valence electrons. The number of fused-ring (bicyclic) bond motifs is 3. The lowest BCUT2D eigenvalue weighted by Gasteiger charge is -2.44. The largest absolute Gasteiger partial charge is 0.378 e. The number of nitrogen functional groups attached to an aromatic ring is 1. The summed E-state index contributed by atoms with van der Waals surface area (Å²) in [5.41, 5.74) is 5.73. The summed E-state index contributed by atoms with van der Waals surface area (Å²) >= 11 is 0. The van der Waals surface area contributed by atoms with Gasteiger partial charge in [-0.1, -0.05) is 0 Å². The molecule has 7 heteroatoms. The Labute approximate surface area is 98.3 Å². The van der Waals surface area contributed by atoms with Crippen LogP contribution < -0.4 is 5.73 Å². The molecule has 1 unspecified atom stereocenters. The Morgan fingerprint density at radius 3 is 2.65 bits per heavy atom.